The van der Waals surface area contributed by atoms with Crippen LogP contribution in [0.25, 0.3) is 0 Å². The summed E-state index contributed by atoms with van der Waals surface area (Å²) in [5.74, 6) is -0.216. The second kappa shape index (κ2) is 8.45. The highest BCUT2D eigenvalue weighted by Crippen LogP contribution is 2.24. The Labute approximate surface area is 168 Å². The molecule has 0 radical (unpaired) electrons. The number of aryl methyl sites for hydroxylation is 1. The highest BCUT2D eigenvalue weighted by Gasteiger charge is 2.15. The number of nitrogens with one attached hydrogen (secondary N) is 2. The largest absolute Gasteiger partial charge is 0.325 e. The number of carbonyl (C=O) groups excluding carboxylic acids is 1. The number of hydrogen-bond acceptors (Lipinski definition) is 4. The van der Waals surface area contributed by atoms with Crippen molar-refractivity contribution in [1.82, 2.24) is 5.32 Å². The highest BCUT2D eigenvalue weighted by atomic mass is 32.2. The zero-order valence-corrected chi connectivity index (χ0v) is 18.3. The molecule has 0 saturated heterocycles. The molecule has 28 heavy (non-hydrogen) atoms. The summed E-state index contributed by atoms with van der Waals surface area (Å²) in [7, 11) is -3.32. The van der Waals surface area contributed by atoms with E-state index in [4.69, 9.17) is 0 Å². The molecule has 6 heteroatoms. The molecule has 152 valence electrons. The monoisotopic (exact) mass is 402 g/mol. The van der Waals surface area contributed by atoms with Crippen molar-refractivity contribution in [2.45, 2.75) is 51.0 Å². The van der Waals surface area contributed by atoms with E-state index in [0.29, 0.717) is 5.69 Å². The van der Waals surface area contributed by atoms with Crippen molar-refractivity contribution >= 4 is 21.4 Å². The summed E-state index contributed by atoms with van der Waals surface area (Å²) in [6.45, 7) is 10.5. The van der Waals surface area contributed by atoms with Crippen LogP contribution < -0.4 is 10.6 Å². The van der Waals surface area contributed by atoms with Crippen LogP contribution in [0.3, 0.4) is 0 Å². The van der Waals surface area contributed by atoms with Crippen LogP contribution in [0.5, 0.6) is 0 Å². The Morgan fingerprint density at radius 3 is 2.21 bits per heavy atom. The van der Waals surface area contributed by atoms with Crippen LogP contribution in [-0.4, -0.2) is 27.1 Å². The zero-order chi connectivity index (χ0) is 21.1. The molecule has 1 atom stereocenters. The first-order chi connectivity index (χ1) is 12.9. The summed E-state index contributed by atoms with van der Waals surface area (Å²) < 4.78 is 23.4. The molecule has 0 spiro atoms. The zero-order valence-electron chi connectivity index (χ0n) is 17.5. The topological polar surface area (TPSA) is 75.3 Å². The Morgan fingerprint density at radius 2 is 1.68 bits per heavy atom. The maximum atomic E-state index is 12.3. The van der Waals surface area contributed by atoms with Gasteiger partial charge in [0.1, 0.15) is 0 Å². The van der Waals surface area contributed by atoms with Crippen LogP contribution in [0.1, 0.15) is 50.4 Å². The lowest BCUT2D eigenvalue weighted by Gasteiger charge is -2.20. The number of benzene rings is 2. The maximum absolute atomic E-state index is 12.3. The van der Waals surface area contributed by atoms with Crippen LogP contribution in [-0.2, 0) is 20.0 Å². The summed E-state index contributed by atoms with van der Waals surface area (Å²) in [6, 6.07) is 13.1. The van der Waals surface area contributed by atoms with Gasteiger partial charge in [-0.05, 0) is 48.1 Å². The van der Waals surface area contributed by atoms with Crippen LogP contribution in [0.15, 0.2) is 47.4 Å². The Bertz CT molecular complexity index is 943. The molecule has 2 aromatic carbocycles. The van der Waals surface area contributed by atoms with Gasteiger partial charge in [0.05, 0.1) is 11.4 Å². The van der Waals surface area contributed by atoms with Gasteiger partial charge in [-0.3, -0.25) is 4.79 Å². The molecule has 0 heterocycles. The predicted octanol–water partition coefficient (Wildman–Crippen LogP) is 3.99. The molecule has 0 saturated carbocycles. The number of amides is 1. The third-order valence-corrected chi connectivity index (χ3v) is 5.87. The third-order valence-electron chi connectivity index (χ3n) is 4.76. The van der Waals surface area contributed by atoms with Gasteiger partial charge in [-0.25, -0.2) is 8.42 Å². The van der Waals surface area contributed by atoms with E-state index in [1.54, 1.807) is 12.1 Å². The smallest absolute Gasteiger partial charge is 0.238 e. The lowest BCUT2D eigenvalue weighted by Crippen LogP contribution is -2.30. The Hall–Kier alpha value is -2.18. The molecule has 2 rings (SSSR count). The molecule has 0 fully saturated rings. The number of carbonyl (C=O) groups is 1. The second-order valence-corrected chi connectivity index (χ2v) is 10.3. The van der Waals surface area contributed by atoms with Crippen molar-refractivity contribution in [3.63, 3.8) is 0 Å². The molecule has 0 aromatic heterocycles. The fourth-order valence-corrected chi connectivity index (χ4v) is 3.44. The van der Waals surface area contributed by atoms with E-state index in [1.807, 2.05) is 13.8 Å². The molecule has 2 N–H and O–H groups in total. The summed E-state index contributed by atoms with van der Waals surface area (Å²) in [5, 5.41) is 6.00. The first-order valence-electron chi connectivity index (χ1n) is 9.32. The van der Waals surface area contributed by atoms with Crippen LogP contribution in [0, 0.1) is 6.92 Å². The molecule has 0 aliphatic carbocycles. The Balaban J connectivity index is 1.99. The van der Waals surface area contributed by atoms with Crippen LogP contribution in [0.4, 0.5) is 5.69 Å². The average molecular weight is 403 g/mol. The SMILES string of the molecule is Cc1ccc(S(C)(=O)=O)cc1NC(=O)CNC(C)c1ccc(C(C)(C)C)cc1. The number of sulfone groups is 1. The van der Waals surface area contributed by atoms with Gasteiger partial charge in [-0.2, -0.15) is 0 Å². The lowest BCUT2D eigenvalue weighted by molar-refractivity contribution is -0.115. The summed E-state index contributed by atoms with van der Waals surface area (Å²) in [6.07, 6.45) is 1.15. The molecular formula is C22H30N2O3S. The molecule has 0 bridgehead atoms. The van der Waals surface area contributed by atoms with E-state index < -0.39 is 9.84 Å². The Kier molecular flexibility index (Phi) is 6.67. The lowest BCUT2D eigenvalue weighted by atomic mass is 9.86. The minimum atomic E-state index is -3.32. The van der Waals surface area contributed by atoms with E-state index in [0.717, 1.165) is 17.4 Å². The normalized spacial score (nSPS) is 13.2. The van der Waals surface area contributed by atoms with Crippen molar-refractivity contribution in [3.8, 4) is 0 Å². The van der Waals surface area contributed by atoms with Crippen molar-refractivity contribution in [2.75, 3.05) is 18.1 Å². The summed E-state index contributed by atoms with van der Waals surface area (Å²) in [4.78, 5) is 12.5. The van der Waals surface area contributed by atoms with Crippen molar-refractivity contribution < 1.29 is 13.2 Å². The second-order valence-electron chi connectivity index (χ2n) is 8.27. The minimum Gasteiger partial charge on any atom is -0.325 e. The highest BCUT2D eigenvalue weighted by molar-refractivity contribution is 7.90. The van der Waals surface area contributed by atoms with E-state index in [-0.39, 0.29) is 28.8 Å². The van der Waals surface area contributed by atoms with Gasteiger partial charge >= 0.3 is 0 Å². The first kappa shape index (κ1) is 22.1. The van der Waals surface area contributed by atoms with E-state index in [2.05, 4.69) is 55.7 Å². The van der Waals surface area contributed by atoms with Gasteiger partial charge in [-0.1, -0.05) is 51.1 Å². The van der Waals surface area contributed by atoms with Crippen molar-refractivity contribution in [3.05, 3.63) is 59.2 Å². The molecular weight excluding hydrogens is 372 g/mol. The fourth-order valence-electron chi connectivity index (χ4n) is 2.80. The van der Waals surface area contributed by atoms with E-state index >= 15 is 0 Å². The van der Waals surface area contributed by atoms with Gasteiger partial charge in [-0.15, -0.1) is 0 Å². The first-order valence-corrected chi connectivity index (χ1v) is 11.2. The minimum absolute atomic E-state index is 0.0169. The summed E-state index contributed by atoms with van der Waals surface area (Å²) >= 11 is 0. The predicted molar refractivity (Wildman–Crippen MR) is 114 cm³/mol. The third kappa shape index (κ3) is 5.91. The number of rotatable bonds is 6. The quantitative estimate of drug-likeness (QED) is 0.766. The van der Waals surface area contributed by atoms with Crippen LogP contribution in [0.2, 0.25) is 0 Å². The molecule has 5 nitrogen and oxygen atoms in total. The number of hydrogen-bond donors (Lipinski definition) is 2. The van der Waals surface area contributed by atoms with Gasteiger partial charge < -0.3 is 10.6 Å². The van der Waals surface area contributed by atoms with Crippen LogP contribution >= 0.6 is 0 Å². The Morgan fingerprint density at radius 1 is 1.07 bits per heavy atom. The maximum Gasteiger partial charge on any atom is 0.238 e. The van der Waals surface area contributed by atoms with E-state index in [9.17, 15) is 13.2 Å². The van der Waals surface area contributed by atoms with E-state index in [1.165, 1.54) is 11.6 Å². The number of anilines is 1. The fraction of sp³-hybridized carbons (Fsp3) is 0.409. The van der Waals surface area contributed by atoms with Crippen molar-refractivity contribution in [2.24, 2.45) is 0 Å². The average Bonchev–Trinajstić information content (AvgIpc) is 2.60. The summed E-state index contributed by atoms with van der Waals surface area (Å²) in [5.41, 5.74) is 3.80. The molecule has 2 aromatic rings. The standard InChI is InChI=1S/C22H30N2O3S/c1-15-7-12-19(28(6,26)27)13-20(15)24-21(25)14-23-16(2)17-8-10-18(11-9-17)22(3,4)5/h7-13,16,23H,14H2,1-6H3,(H,24,25). The van der Waals surface area contributed by atoms with Gasteiger partial charge in [0.25, 0.3) is 0 Å². The molecule has 0 aliphatic heterocycles. The molecule has 1 amide bonds. The van der Waals surface area contributed by atoms with Gasteiger partial charge in [0.2, 0.25) is 5.91 Å². The van der Waals surface area contributed by atoms with Gasteiger partial charge in [0.15, 0.2) is 9.84 Å². The molecule has 1 unspecified atom stereocenters. The van der Waals surface area contributed by atoms with Crippen molar-refractivity contribution in [1.29, 1.82) is 0 Å². The molecule has 0 aliphatic rings. The van der Waals surface area contributed by atoms with Gasteiger partial charge in [0, 0.05) is 18.0 Å².